The average molecular weight is 334 g/mol. The number of carboxylic acid groups (broad SMARTS) is 1. The summed E-state index contributed by atoms with van der Waals surface area (Å²) in [6, 6.07) is -1.73. The van der Waals surface area contributed by atoms with Gasteiger partial charge >= 0.3 is 5.97 Å². The van der Waals surface area contributed by atoms with Gasteiger partial charge in [-0.05, 0) is 25.7 Å². The number of rotatable bonds is 9. The summed E-state index contributed by atoms with van der Waals surface area (Å²) < 4.78 is 25.6. The normalized spacial score (nSPS) is 20.7. The summed E-state index contributed by atoms with van der Waals surface area (Å²) in [5, 5.41) is 11.6. The minimum atomic E-state index is -3.45. The van der Waals surface area contributed by atoms with Crippen molar-refractivity contribution < 1.29 is 23.1 Å². The predicted molar refractivity (Wildman–Crippen MR) is 82.9 cm³/mol. The van der Waals surface area contributed by atoms with Gasteiger partial charge in [0.05, 0.1) is 5.75 Å². The Kier molecular flexibility index (Phi) is 7.28. The third-order valence-electron chi connectivity index (χ3n) is 3.79. The topological polar surface area (TPSA) is 104 Å². The van der Waals surface area contributed by atoms with Crippen LogP contribution in [0.3, 0.4) is 0 Å². The second-order valence-corrected chi connectivity index (χ2v) is 7.67. The van der Waals surface area contributed by atoms with Crippen LogP contribution in [0.15, 0.2) is 0 Å². The first-order chi connectivity index (χ1) is 10.3. The number of hydrogen-bond donors (Lipinski definition) is 2. The third-order valence-corrected chi connectivity index (χ3v) is 5.86. The van der Waals surface area contributed by atoms with E-state index < -0.39 is 34.0 Å². The van der Waals surface area contributed by atoms with Crippen LogP contribution in [0.25, 0.3) is 0 Å². The lowest BCUT2D eigenvalue weighted by atomic mass is 10.1. The van der Waals surface area contributed by atoms with Gasteiger partial charge in [-0.1, -0.05) is 26.7 Å². The molecule has 2 atom stereocenters. The van der Waals surface area contributed by atoms with Crippen molar-refractivity contribution in [3.63, 3.8) is 0 Å². The molecule has 1 aliphatic heterocycles. The molecule has 2 unspecified atom stereocenters. The van der Waals surface area contributed by atoms with Crippen LogP contribution in [0.2, 0.25) is 0 Å². The van der Waals surface area contributed by atoms with Crippen LogP contribution < -0.4 is 5.32 Å². The van der Waals surface area contributed by atoms with Gasteiger partial charge < -0.3 is 10.4 Å². The van der Waals surface area contributed by atoms with E-state index in [2.05, 4.69) is 5.32 Å². The van der Waals surface area contributed by atoms with Crippen LogP contribution in [0.1, 0.15) is 52.4 Å². The number of unbranched alkanes of at least 4 members (excludes halogenated alkanes) is 1. The third kappa shape index (κ3) is 4.95. The molecule has 0 bridgehead atoms. The minimum absolute atomic E-state index is 0.00890. The number of amides is 1. The zero-order valence-corrected chi connectivity index (χ0v) is 14.1. The van der Waals surface area contributed by atoms with Gasteiger partial charge in [0.25, 0.3) is 0 Å². The Labute approximate surface area is 132 Å². The average Bonchev–Trinajstić information content (AvgIpc) is 2.93. The molecule has 0 aromatic carbocycles. The molecule has 0 aromatic rings. The van der Waals surface area contributed by atoms with Crippen LogP contribution in [-0.2, 0) is 19.6 Å². The molecular formula is C14H26N2O5S. The van der Waals surface area contributed by atoms with Crippen molar-refractivity contribution in [3.05, 3.63) is 0 Å². The van der Waals surface area contributed by atoms with E-state index in [1.165, 1.54) is 4.31 Å². The fraction of sp³-hybridized carbons (Fsp3) is 0.857. The molecule has 22 heavy (non-hydrogen) atoms. The maximum absolute atomic E-state index is 12.3. The highest BCUT2D eigenvalue weighted by molar-refractivity contribution is 7.89. The highest BCUT2D eigenvalue weighted by Crippen LogP contribution is 2.22. The Balaban J connectivity index is 2.76. The van der Waals surface area contributed by atoms with Crippen molar-refractivity contribution in [3.8, 4) is 0 Å². The van der Waals surface area contributed by atoms with Gasteiger partial charge in [0, 0.05) is 6.54 Å². The Morgan fingerprint density at radius 1 is 1.32 bits per heavy atom. The van der Waals surface area contributed by atoms with Crippen molar-refractivity contribution >= 4 is 21.9 Å². The quantitative estimate of drug-likeness (QED) is 0.653. The lowest BCUT2D eigenvalue weighted by Gasteiger charge is -2.24. The molecule has 0 aromatic heterocycles. The van der Waals surface area contributed by atoms with Crippen molar-refractivity contribution in [2.24, 2.45) is 0 Å². The summed E-state index contributed by atoms with van der Waals surface area (Å²) in [6.07, 6.45) is 3.43. The summed E-state index contributed by atoms with van der Waals surface area (Å²) in [5.41, 5.74) is 0. The molecule has 128 valence electrons. The van der Waals surface area contributed by atoms with Gasteiger partial charge in [-0.3, -0.25) is 4.79 Å². The zero-order chi connectivity index (χ0) is 16.8. The summed E-state index contributed by atoms with van der Waals surface area (Å²) in [7, 11) is -3.45. The number of nitrogens with zero attached hydrogens (tertiary/aromatic N) is 1. The fourth-order valence-corrected chi connectivity index (χ4v) is 4.39. The van der Waals surface area contributed by atoms with Gasteiger partial charge in [0.2, 0.25) is 15.9 Å². The van der Waals surface area contributed by atoms with Crippen molar-refractivity contribution in [2.75, 3.05) is 12.3 Å². The van der Waals surface area contributed by atoms with E-state index >= 15 is 0 Å². The largest absolute Gasteiger partial charge is 0.480 e. The van der Waals surface area contributed by atoms with E-state index in [-0.39, 0.29) is 5.75 Å². The predicted octanol–water partition coefficient (Wildman–Crippen LogP) is 0.950. The standard InChI is InChI=1S/C14H26N2O5S/c1-3-5-7-11(14(18)19)15-13(17)12-8-6-9-16(12)22(20,21)10-4-2/h11-12H,3-10H2,1-2H3,(H,15,17)(H,18,19). The van der Waals surface area contributed by atoms with E-state index in [0.717, 1.165) is 6.42 Å². The minimum Gasteiger partial charge on any atom is -0.480 e. The van der Waals surface area contributed by atoms with E-state index in [1.54, 1.807) is 6.92 Å². The van der Waals surface area contributed by atoms with Gasteiger partial charge in [-0.15, -0.1) is 0 Å². The van der Waals surface area contributed by atoms with Crippen LogP contribution in [0.4, 0.5) is 0 Å². The monoisotopic (exact) mass is 334 g/mol. The highest BCUT2D eigenvalue weighted by atomic mass is 32.2. The molecular weight excluding hydrogens is 308 g/mol. The van der Waals surface area contributed by atoms with E-state index in [9.17, 15) is 18.0 Å². The first-order valence-corrected chi connectivity index (χ1v) is 9.47. The zero-order valence-electron chi connectivity index (χ0n) is 13.2. The second kappa shape index (κ2) is 8.47. The molecule has 1 saturated heterocycles. The van der Waals surface area contributed by atoms with Crippen molar-refractivity contribution in [2.45, 2.75) is 64.5 Å². The van der Waals surface area contributed by atoms with Gasteiger partial charge in [-0.25, -0.2) is 13.2 Å². The first kappa shape index (κ1) is 18.9. The number of nitrogens with one attached hydrogen (secondary N) is 1. The van der Waals surface area contributed by atoms with Gasteiger partial charge in [0.1, 0.15) is 12.1 Å². The van der Waals surface area contributed by atoms with Crippen LogP contribution in [0, 0.1) is 0 Å². The number of aliphatic carboxylic acids is 1. The Bertz CT molecular complexity index is 491. The number of carbonyl (C=O) groups is 2. The smallest absolute Gasteiger partial charge is 0.326 e. The SMILES string of the molecule is CCCCC(NC(=O)C1CCCN1S(=O)(=O)CCC)C(=O)O. The summed E-state index contributed by atoms with van der Waals surface area (Å²) in [5.74, 6) is -1.57. The molecule has 2 N–H and O–H groups in total. The molecule has 0 spiro atoms. The van der Waals surface area contributed by atoms with E-state index in [1.807, 2.05) is 6.92 Å². The molecule has 8 heteroatoms. The maximum atomic E-state index is 12.3. The molecule has 0 saturated carbocycles. The first-order valence-electron chi connectivity index (χ1n) is 7.86. The van der Waals surface area contributed by atoms with Crippen LogP contribution >= 0.6 is 0 Å². The number of sulfonamides is 1. The Morgan fingerprint density at radius 3 is 2.55 bits per heavy atom. The lowest BCUT2D eigenvalue weighted by molar-refractivity contribution is -0.142. The van der Waals surface area contributed by atoms with E-state index in [4.69, 9.17) is 5.11 Å². The number of carboxylic acids is 1. The molecule has 1 fully saturated rings. The van der Waals surface area contributed by atoms with E-state index in [0.29, 0.717) is 38.6 Å². The molecule has 1 amide bonds. The number of carbonyl (C=O) groups excluding carboxylic acids is 1. The molecule has 7 nitrogen and oxygen atoms in total. The van der Waals surface area contributed by atoms with Gasteiger partial charge in [0.15, 0.2) is 0 Å². The second-order valence-electron chi connectivity index (χ2n) is 5.63. The van der Waals surface area contributed by atoms with Crippen LogP contribution in [-0.4, -0.2) is 54.1 Å². The summed E-state index contributed by atoms with van der Waals surface area (Å²) in [4.78, 5) is 23.5. The maximum Gasteiger partial charge on any atom is 0.326 e. The molecule has 0 radical (unpaired) electrons. The molecule has 0 aliphatic carbocycles. The Morgan fingerprint density at radius 2 is 2.00 bits per heavy atom. The molecule has 1 rings (SSSR count). The Hall–Kier alpha value is -1.15. The van der Waals surface area contributed by atoms with Gasteiger partial charge in [-0.2, -0.15) is 4.31 Å². The lowest BCUT2D eigenvalue weighted by Crippen LogP contribution is -2.51. The van der Waals surface area contributed by atoms with Crippen LogP contribution in [0.5, 0.6) is 0 Å². The fourth-order valence-electron chi connectivity index (χ4n) is 2.64. The molecule has 1 heterocycles. The number of hydrogen-bond acceptors (Lipinski definition) is 4. The van der Waals surface area contributed by atoms with Crippen molar-refractivity contribution in [1.82, 2.24) is 9.62 Å². The highest BCUT2D eigenvalue weighted by Gasteiger charge is 2.39. The summed E-state index contributed by atoms with van der Waals surface area (Å²) in [6.45, 7) is 4.04. The summed E-state index contributed by atoms with van der Waals surface area (Å²) >= 11 is 0. The molecule has 1 aliphatic rings. The van der Waals surface area contributed by atoms with Crippen molar-refractivity contribution in [1.29, 1.82) is 0 Å².